The Morgan fingerprint density at radius 2 is 1.06 bits per heavy atom. The summed E-state index contributed by atoms with van der Waals surface area (Å²) in [5, 5.41) is -2.95. The van der Waals surface area contributed by atoms with Crippen LogP contribution in [0.4, 0.5) is 0 Å². The quantitative estimate of drug-likeness (QED) is 0.283. The van der Waals surface area contributed by atoms with Crippen LogP contribution in [-0.4, -0.2) is 47.0 Å². The fourth-order valence-electron chi connectivity index (χ4n) is 0.948. The molecule has 0 spiro atoms. The van der Waals surface area contributed by atoms with Crippen LogP contribution in [0.25, 0.3) is 0 Å². The van der Waals surface area contributed by atoms with Gasteiger partial charge in [-0.15, -0.1) is 0 Å². The van der Waals surface area contributed by atoms with Gasteiger partial charge in [-0.3, -0.25) is 13.7 Å². The largest absolute Gasteiger partial charge is 0.346 e. The van der Waals surface area contributed by atoms with Crippen molar-refractivity contribution in [1.82, 2.24) is 0 Å². The van der Waals surface area contributed by atoms with Crippen molar-refractivity contribution in [2.75, 3.05) is 12.3 Å². The predicted molar refractivity (Wildman–Crippen MR) is 52.8 cm³/mol. The smallest absolute Gasteiger partial charge is 0.324 e. The molecule has 0 aromatic carbocycles. The van der Waals surface area contributed by atoms with Crippen molar-refractivity contribution >= 4 is 22.8 Å². The average molecular weight is 299 g/mol. The maximum absolute atomic E-state index is 10.9. The Morgan fingerprint density at radius 1 is 0.812 bits per heavy atom. The fraction of sp³-hybridized carbons (Fsp3) is 1.00. The predicted octanol–water partition coefficient (Wildman–Crippen LogP) is -1.83. The summed E-state index contributed by atoms with van der Waals surface area (Å²) in [6, 6.07) is 0. The molecule has 10 nitrogen and oxygen atoms in total. The minimum atomic E-state index is -5.29. The first kappa shape index (κ1) is 16.4. The van der Waals surface area contributed by atoms with E-state index < -0.39 is 40.4 Å². The Kier molecular flexibility index (Phi) is 4.71. The molecule has 0 saturated carbocycles. The van der Waals surface area contributed by atoms with Gasteiger partial charge in [-0.25, -0.2) is 0 Å². The molecule has 0 rings (SSSR count). The Morgan fingerprint density at radius 3 is 1.19 bits per heavy atom. The van der Waals surface area contributed by atoms with E-state index in [1.807, 2.05) is 0 Å². The van der Waals surface area contributed by atoms with Gasteiger partial charge in [0, 0.05) is 0 Å². The van der Waals surface area contributed by atoms with Gasteiger partial charge in [0.15, 0.2) is 0 Å². The first-order chi connectivity index (χ1) is 6.66. The zero-order chi connectivity index (χ0) is 13.4. The maximum Gasteiger partial charge on any atom is 0.346 e. The zero-order valence-corrected chi connectivity index (χ0v) is 10.4. The second-order valence-electron chi connectivity index (χ2n) is 3.29. The molecule has 0 bridgehead atoms. The minimum Gasteiger partial charge on any atom is -0.324 e. The third kappa shape index (κ3) is 5.65. The molecule has 16 heavy (non-hydrogen) atoms. The normalized spacial score (nSPS) is 15.2. The highest BCUT2D eigenvalue weighted by molar-refractivity contribution is 7.59. The Hall–Kier alpha value is 0.410. The SMILES string of the molecule is NC(CP(=O)(O)O)(CP(=O)(O)O)P(=O)(O)O. The molecule has 0 radical (unpaired) electrons. The first-order valence-corrected chi connectivity index (χ1v) is 8.81. The van der Waals surface area contributed by atoms with E-state index >= 15 is 0 Å². The van der Waals surface area contributed by atoms with Crippen molar-refractivity contribution in [3.05, 3.63) is 0 Å². The van der Waals surface area contributed by atoms with Gasteiger partial charge in [0.25, 0.3) is 0 Å². The number of hydrogen-bond donors (Lipinski definition) is 7. The highest BCUT2D eigenvalue weighted by atomic mass is 31.2. The molecule has 0 aliphatic heterocycles. The van der Waals surface area contributed by atoms with E-state index in [9.17, 15) is 13.7 Å². The summed E-state index contributed by atoms with van der Waals surface area (Å²) in [5.74, 6) is 0. The molecule has 98 valence electrons. The third-order valence-electron chi connectivity index (χ3n) is 1.54. The van der Waals surface area contributed by atoms with E-state index in [1.165, 1.54) is 0 Å². The average Bonchev–Trinajstić information content (AvgIpc) is 1.72. The van der Waals surface area contributed by atoms with Gasteiger partial charge < -0.3 is 35.1 Å². The molecule has 0 saturated heterocycles. The van der Waals surface area contributed by atoms with Crippen LogP contribution < -0.4 is 5.73 Å². The summed E-state index contributed by atoms with van der Waals surface area (Å²) < 4.78 is 32.1. The van der Waals surface area contributed by atoms with Crippen molar-refractivity contribution in [2.45, 2.75) is 5.28 Å². The molecule has 0 heterocycles. The molecule has 0 aromatic heterocycles. The van der Waals surface area contributed by atoms with Crippen molar-refractivity contribution in [1.29, 1.82) is 0 Å². The maximum atomic E-state index is 10.9. The van der Waals surface area contributed by atoms with Crippen LogP contribution in [0.1, 0.15) is 0 Å². The van der Waals surface area contributed by atoms with Crippen LogP contribution in [0, 0.1) is 0 Å². The Bertz CT molecular complexity index is 363. The zero-order valence-electron chi connectivity index (χ0n) is 7.74. The summed E-state index contributed by atoms with van der Waals surface area (Å²) >= 11 is 0. The monoisotopic (exact) mass is 299 g/mol. The van der Waals surface area contributed by atoms with E-state index in [0.717, 1.165) is 0 Å². The van der Waals surface area contributed by atoms with Gasteiger partial charge in [0.1, 0.15) is 5.28 Å². The highest BCUT2D eigenvalue weighted by Crippen LogP contribution is 2.58. The lowest BCUT2D eigenvalue weighted by atomic mass is 10.4. The molecule has 0 amide bonds. The molecular formula is C3H12NO9P3. The van der Waals surface area contributed by atoms with Crippen molar-refractivity contribution < 1.29 is 43.1 Å². The van der Waals surface area contributed by atoms with Gasteiger partial charge in [-0.1, -0.05) is 0 Å². The van der Waals surface area contributed by atoms with E-state index in [2.05, 4.69) is 0 Å². The van der Waals surface area contributed by atoms with Crippen molar-refractivity contribution in [2.24, 2.45) is 5.73 Å². The first-order valence-electron chi connectivity index (χ1n) is 3.60. The topological polar surface area (TPSA) is 199 Å². The summed E-state index contributed by atoms with van der Waals surface area (Å²) in [7, 11) is -15.1. The van der Waals surface area contributed by atoms with Gasteiger partial charge >= 0.3 is 22.8 Å². The van der Waals surface area contributed by atoms with Crippen LogP contribution in [0.2, 0.25) is 0 Å². The minimum absolute atomic E-state index is 1.52. The molecule has 0 unspecified atom stereocenters. The van der Waals surface area contributed by atoms with E-state index in [1.54, 1.807) is 0 Å². The summed E-state index contributed by atoms with van der Waals surface area (Å²) in [4.78, 5) is 51.7. The molecular weight excluding hydrogens is 287 g/mol. The Balaban J connectivity index is 5.32. The van der Waals surface area contributed by atoms with Crippen LogP contribution in [0.3, 0.4) is 0 Å². The number of hydrogen-bond acceptors (Lipinski definition) is 4. The lowest BCUT2D eigenvalue weighted by molar-refractivity contribution is 0.313. The fourth-order valence-corrected chi connectivity index (χ4v) is 5.35. The number of rotatable bonds is 5. The molecule has 0 aliphatic carbocycles. The summed E-state index contributed by atoms with van der Waals surface area (Å²) in [6.07, 6.45) is -3.04. The van der Waals surface area contributed by atoms with Crippen LogP contribution in [0.15, 0.2) is 0 Å². The van der Waals surface area contributed by atoms with E-state index in [-0.39, 0.29) is 0 Å². The van der Waals surface area contributed by atoms with E-state index in [0.29, 0.717) is 0 Å². The van der Waals surface area contributed by atoms with E-state index in [4.69, 9.17) is 35.1 Å². The van der Waals surface area contributed by atoms with Gasteiger partial charge in [0.05, 0.1) is 12.3 Å². The van der Waals surface area contributed by atoms with Crippen LogP contribution in [-0.2, 0) is 13.7 Å². The Labute approximate surface area is 90.0 Å². The van der Waals surface area contributed by atoms with Gasteiger partial charge in [0.2, 0.25) is 0 Å². The molecule has 13 heteroatoms. The molecule has 8 N–H and O–H groups in total. The lowest BCUT2D eigenvalue weighted by Crippen LogP contribution is -2.46. The summed E-state index contributed by atoms with van der Waals surface area (Å²) in [6.45, 7) is 0. The van der Waals surface area contributed by atoms with Crippen LogP contribution >= 0.6 is 22.8 Å². The molecule has 0 aliphatic rings. The second kappa shape index (κ2) is 4.59. The highest BCUT2D eigenvalue weighted by Gasteiger charge is 2.51. The second-order valence-corrected chi connectivity index (χ2v) is 8.56. The molecule has 0 aromatic rings. The van der Waals surface area contributed by atoms with Gasteiger partial charge in [-0.05, 0) is 0 Å². The van der Waals surface area contributed by atoms with Crippen molar-refractivity contribution in [3.8, 4) is 0 Å². The van der Waals surface area contributed by atoms with Crippen molar-refractivity contribution in [3.63, 3.8) is 0 Å². The lowest BCUT2D eigenvalue weighted by Gasteiger charge is -2.30. The summed E-state index contributed by atoms with van der Waals surface area (Å²) in [5.41, 5.74) is 5.00. The van der Waals surface area contributed by atoms with Gasteiger partial charge in [-0.2, -0.15) is 0 Å². The molecule has 0 atom stereocenters. The molecule has 0 fully saturated rings. The standard InChI is InChI=1S/C3H12NO9P3/c4-3(16(11,12)13,1-14(5,6)7)2-15(8,9)10/h1-2,4H2,(H2,5,6,7)(H2,8,9,10)(H2,11,12,13). The van der Waals surface area contributed by atoms with Crippen LogP contribution in [0.5, 0.6) is 0 Å². The third-order valence-corrected chi connectivity index (χ3v) is 5.47. The number of nitrogens with two attached hydrogens (primary N) is 1.